The molecule has 2 N–H and O–H groups in total. The Morgan fingerprint density at radius 3 is 1.54 bits per heavy atom. The summed E-state index contributed by atoms with van der Waals surface area (Å²) in [4.78, 5) is 11.5. The summed E-state index contributed by atoms with van der Waals surface area (Å²) in [5.74, 6) is -1.83. The molecule has 1 rings (SSSR count). The average molecular weight is 386 g/mol. The highest BCUT2D eigenvalue weighted by molar-refractivity contribution is 5.88. The van der Waals surface area contributed by atoms with Crippen LogP contribution in [0, 0.1) is 0 Å². The number of carbonyl (C=O) groups is 1. The topological polar surface area (TPSA) is 66.8 Å². The minimum atomic E-state index is -5.24. The van der Waals surface area contributed by atoms with Crippen LogP contribution in [0.25, 0.3) is 0 Å². The molecular formula is C16H16F6O4. The second-order valence-corrected chi connectivity index (χ2v) is 6.06. The van der Waals surface area contributed by atoms with E-state index in [2.05, 4.69) is 11.3 Å². The van der Waals surface area contributed by atoms with Gasteiger partial charge in [-0.2, -0.15) is 26.3 Å². The number of halogens is 6. The van der Waals surface area contributed by atoms with E-state index in [1.807, 2.05) is 0 Å². The van der Waals surface area contributed by atoms with Gasteiger partial charge in [0.15, 0.2) is 11.2 Å². The Bertz CT molecular complexity index is 672. The summed E-state index contributed by atoms with van der Waals surface area (Å²) < 4.78 is 83.0. The first kappa shape index (κ1) is 22.0. The lowest BCUT2D eigenvalue weighted by molar-refractivity contribution is -0.261. The first-order valence-corrected chi connectivity index (χ1v) is 7.03. The summed E-state index contributed by atoms with van der Waals surface area (Å²) in [5.41, 5.74) is -9.38. The molecule has 2 unspecified atom stereocenters. The number of alkyl halides is 6. The van der Waals surface area contributed by atoms with E-state index < -0.39 is 46.4 Å². The van der Waals surface area contributed by atoms with Crippen molar-refractivity contribution in [3.05, 3.63) is 41.5 Å². The van der Waals surface area contributed by atoms with Crippen LogP contribution in [-0.4, -0.2) is 28.5 Å². The highest BCUT2D eigenvalue weighted by Gasteiger charge is 2.54. The lowest BCUT2D eigenvalue weighted by Gasteiger charge is -2.31. The van der Waals surface area contributed by atoms with E-state index in [9.17, 15) is 41.4 Å². The minimum Gasteiger partial charge on any atom is -0.423 e. The predicted octanol–water partition coefficient (Wildman–Crippen LogP) is 3.71. The van der Waals surface area contributed by atoms with Crippen LogP contribution < -0.4 is 4.74 Å². The molecular weight excluding hydrogens is 370 g/mol. The van der Waals surface area contributed by atoms with Gasteiger partial charge in [-0.05, 0) is 50.1 Å². The lowest BCUT2D eigenvalue weighted by atomic mass is 9.88. The fourth-order valence-corrected chi connectivity index (χ4v) is 1.74. The SMILES string of the molecule is C=C(C)C(=O)Oc1cc(C(C)(O)C(F)(F)F)cc(C(C)(O)C(F)(F)F)c1. The third kappa shape index (κ3) is 4.18. The molecule has 0 aromatic heterocycles. The fraction of sp³-hybridized carbons (Fsp3) is 0.438. The Kier molecular flexibility index (Phi) is 5.56. The van der Waals surface area contributed by atoms with E-state index in [-0.39, 0.29) is 5.57 Å². The molecule has 0 radical (unpaired) electrons. The number of benzene rings is 1. The second-order valence-electron chi connectivity index (χ2n) is 6.06. The quantitative estimate of drug-likeness (QED) is 0.358. The van der Waals surface area contributed by atoms with E-state index in [4.69, 9.17) is 0 Å². The van der Waals surface area contributed by atoms with Crippen LogP contribution in [0.1, 0.15) is 31.9 Å². The van der Waals surface area contributed by atoms with Crippen LogP contribution in [0.4, 0.5) is 26.3 Å². The number of hydrogen-bond acceptors (Lipinski definition) is 4. The van der Waals surface area contributed by atoms with E-state index >= 15 is 0 Å². The molecule has 0 aliphatic rings. The summed E-state index contributed by atoms with van der Waals surface area (Å²) in [6, 6.07) is 1.47. The zero-order valence-electron chi connectivity index (χ0n) is 13.9. The highest BCUT2D eigenvalue weighted by Crippen LogP contribution is 2.44. The number of ether oxygens (including phenoxy) is 1. The van der Waals surface area contributed by atoms with Crippen molar-refractivity contribution < 1.29 is 46.1 Å². The standard InChI is InChI=1S/C16H16F6O4/c1-8(2)12(23)26-11-6-9(13(3,24)15(17,18)19)5-10(7-11)14(4,25)16(20,21)22/h5-7,24-25H,1H2,2-4H3. The van der Waals surface area contributed by atoms with Crippen LogP contribution >= 0.6 is 0 Å². The number of hydrogen-bond donors (Lipinski definition) is 2. The van der Waals surface area contributed by atoms with Crippen LogP contribution in [0.2, 0.25) is 0 Å². The lowest BCUT2D eigenvalue weighted by Crippen LogP contribution is -2.41. The Morgan fingerprint density at radius 1 is 0.923 bits per heavy atom. The summed E-state index contributed by atoms with van der Waals surface area (Å²) in [6.07, 6.45) is -10.5. The van der Waals surface area contributed by atoms with Crippen molar-refractivity contribution in [2.45, 2.75) is 44.3 Å². The maximum atomic E-state index is 13.0. The van der Waals surface area contributed by atoms with Gasteiger partial charge in [-0.15, -0.1) is 0 Å². The molecule has 2 atom stereocenters. The third-order valence-electron chi connectivity index (χ3n) is 3.69. The molecule has 10 heteroatoms. The Balaban J connectivity index is 3.65. The first-order valence-electron chi connectivity index (χ1n) is 7.03. The van der Waals surface area contributed by atoms with Gasteiger partial charge in [-0.1, -0.05) is 6.58 Å². The molecule has 1 aromatic rings. The van der Waals surface area contributed by atoms with Crippen molar-refractivity contribution in [2.24, 2.45) is 0 Å². The van der Waals surface area contributed by atoms with E-state index in [0.29, 0.717) is 32.0 Å². The zero-order chi connectivity index (χ0) is 20.7. The van der Waals surface area contributed by atoms with Crippen LogP contribution in [0.3, 0.4) is 0 Å². The van der Waals surface area contributed by atoms with Gasteiger partial charge in [0.05, 0.1) is 0 Å². The normalized spacial score (nSPS) is 17.2. The molecule has 0 amide bonds. The van der Waals surface area contributed by atoms with E-state index in [0.717, 1.165) is 0 Å². The van der Waals surface area contributed by atoms with E-state index in [1.165, 1.54) is 6.92 Å². The molecule has 1 aromatic carbocycles. The molecule has 0 aliphatic carbocycles. The van der Waals surface area contributed by atoms with Crippen LogP contribution in [0.15, 0.2) is 30.4 Å². The molecule has 4 nitrogen and oxygen atoms in total. The third-order valence-corrected chi connectivity index (χ3v) is 3.69. The molecule has 0 aliphatic heterocycles. The summed E-state index contributed by atoms with van der Waals surface area (Å²) in [5, 5.41) is 19.5. The van der Waals surface area contributed by atoms with Gasteiger partial charge in [0, 0.05) is 5.57 Å². The Hall–Kier alpha value is -2.07. The summed E-state index contributed by atoms with van der Waals surface area (Å²) >= 11 is 0. The van der Waals surface area contributed by atoms with Crippen molar-refractivity contribution in [3.8, 4) is 5.75 Å². The maximum absolute atomic E-state index is 13.0. The molecule has 0 saturated carbocycles. The average Bonchev–Trinajstić information content (AvgIpc) is 2.44. The minimum absolute atomic E-state index is 0.165. The second kappa shape index (κ2) is 6.58. The maximum Gasteiger partial charge on any atom is 0.421 e. The van der Waals surface area contributed by atoms with Gasteiger partial charge >= 0.3 is 18.3 Å². The molecule has 0 fully saturated rings. The molecule has 0 bridgehead atoms. The molecule has 0 heterocycles. The van der Waals surface area contributed by atoms with Gasteiger partial charge in [0.2, 0.25) is 0 Å². The Morgan fingerprint density at radius 2 is 1.27 bits per heavy atom. The first-order chi connectivity index (χ1) is 11.4. The number of aliphatic hydroxyl groups is 2. The molecule has 26 heavy (non-hydrogen) atoms. The summed E-state index contributed by atoms with van der Waals surface area (Å²) in [7, 11) is 0. The number of rotatable bonds is 4. The van der Waals surface area contributed by atoms with Gasteiger partial charge in [-0.3, -0.25) is 0 Å². The van der Waals surface area contributed by atoms with Crippen molar-refractivity contribution in [2.75, 3.05) is 0 Å². The van der Waals surface area contributed by atoms with Crippen molar-refractivity contribution >= 4 is 5.97 Å². The van der Waals surface area contributed by atoms with Gasteiger partial charge < -0.3 is 14.9 Å². The van der Waals surface area contributed by atoms with Crippen molar-refractivity contribution in [1.29, 1.82) is 0 Å². The van der Waals surface area contributed by atoms with Crippen molar-refractivity contribution in [3.63, 3.8) is 0 Å². The van der Waals surface area contributed by atoms with Crippen molar-refractivity contribution in [1.82, 2.24) is 0 Å². The highest BCUT2D eigenvalue weighted by atomic mass is 19.4. The summed E-state index contributed by atoms with van der Waals surface area (Å²) in [6.45, 7) is 5.09. The smallest absolute Gasteiger partial charge is 0.421 e. The molecule has 0 saturated heterocycles. The fourth-order valence-electron chi connectivity index (χ4n) is 1.74. The largest absolute Gasteiger partial charge is 0.423 e. The van der Waals surface area contributed by atoms with Crippen LogP contribution in [-0.2, 0) is 16.0 Å². The molecule has 146 valence electrons. The van der Waals surface area contributed by atoms with Crippen LogP contribution in [0.5, 0.6) is 5.75 Å². The zero-order valence-corrected chi connectivity index (χ0v) is 13.9. The number of carbonyl (C=O) groups excluding carboxylic acids is 1. The van der Waals surface area contributed by atoms with E-state index in [1.54, 1.807) is 0 Å². The monoisotopic (exact) mass is 386 g/mol. The van der Waals surface area contributed by atoms with Gasteiger partial charge in [0.1, 0.15) is 5.75 Å². The van der Waals surface area contributed by atoms with Gasteiger partial charge in [0.25, 0.3) is 0 Å². The molecule has 0 spiro atoms. The predicted molar refractivity (Wildman–Crippen MR) is 78.1 cm³/mol. The van der Waals surface area contributed by atoms with Gasteiger partial charge in [-0.25, -0.2) is 4.79 Å². The number of esters is 1. The Labute approximate surface area is 144 Å².